The van der Waals surface area contributed by atoms with Crippen LogP contribution in [0, 0.1) is 0 Å². The summed E-state index contributed by atoms with van der Waals surface area (Å²) >= 11 is 0. The van der Waals surface area contributed by atoms with Crippen LogP contribution >= 0.6 is 0 Å². The molecule has 0 unspecified atom stereocenters. The molecule has 2 aromatic rings. The fourth-order valence-corrected chi connectivity index (χ4v) is 3.54. The van der Waals surface area contributed by atoms with E-state index >= 15 is 0 Å². The molecule has 0 saturated carbocycles. The lowest BCUT2D eigenvalue weighted by Crippen LogP contribution is -2.49. The van der Waals surface area contributed by atoms with Gasteiger partial charge in [-0.3, -0.25) is 4.79 Å². The Kier molecular flexibility index (Phi) is 5.03. The van der Waals surface area contributed by atoms with Crippen LogP contribution in [0.1, 0.15) is 24.1 Å². The molecule has 10 heteroatoms. The normalized spacial score (nSPS) is 22.1. The van der Waals surface area contributed by atoms with E-state index in [9.17, 15) is 23.1 Å². The Bertz CT molecular complexity index is 922. The second-order valence-corrected chi connectivity index (χ2v) is 7.08. The number of alkyl halides is 3. The number of hydrogen-bond acceptors (Lipinski definition) is 6. The number of carbonyl (C=O) groups is 1. The molecule has 0 radical (unpaired) electrons. The molecular weight excluding hydrogens is 389 g/mol. The van der Waals surface area contributed by atoms with Crippen LogP contribution in [-0.4, -0.2) is 46.3 Å². The van der Waals surface area contributed by atoms with Crippen LogP contribution in [0.25, 0.3) is 0 Å². The molecule has 0 bridgehead atoms. The molecular formula is C19H19F3N4O3. The lowest BCUT2D eigenvalue weighted by atomic mass is 10.0. The standard InChI is InChI=1S/C19H19F3N4O3/c20-19(21,22)16-8-17(24-10-23-16)26-6-5-15(14(27)9-26)29-12-2-3-13-11(7-12)1-4-18(28)25-13/h2-3,7-8,10,14-15,27H,1,4-6,9H2,(H,25,28)/t14-,15-/m1/s1. The predicted molar refractivity (Wildman–Crippen MR) is 97.7 cm³/mol. The average molecular weight is 408 g/mol. The highest BCUT2D eigenvalue weighted by atomic mass is 19.4. The number of hydrogen-bond donors (Lipinski definition) is 2. The highest BCUT2D eigenvalue weighted by Crippen LogP contribution is 2.31. The van der Waals surface area contributed by atoms with Gasteiger partial charge in [-0.1, -0.05) is 0 Å². The summed E-state index contributed by atoms with van der Waals surface area (Å²) < 4.78 is 44.5. The maximum atomic E-state index is 12.9. The van der Waals surface area contributed by atoms with Gasteiger partial charge in [0.15, 0.2) is 0 Å². The Labute approximate surface area is 164 Å². The zero-order valence-electron chi connectivity index (χ0n) is 15.3. The Hall–Kier alpha value is -2.88. The van der Waals surface area contributed by atoms with Gasteiger partial charge in [0, 0.05) is 37.7 Å². The number of benzene rings is 1. The summed E-state index contributed by atoms with van der Waals surface area (Å²) in [6.45, 7) is 0.483. The molecule has 7 nitrogen and oxygen atoms in total. The molecule has 3 heterocycles. The van der Waals surface area contributed by atoms with Crippen LogP contribution < -0.4 is 15.0 Å². The summed E-state index contributed by atoms with van der Waals surface area (Å²) in [5, 5.41) is 13.3. The first-order valence-corrected chi connectivity index (χ1v) is 9.21. The van der Waals surface area contributed by atoms with E-state index in [2.05, 4.69) is 15.3 Å². The lowest BCUT2D eigenvalue weighted by molar-refractivity contribution is -0.141. The zero-order chi connectivity index (χ0) is 20.6. The summed E-state index contributed by atoms with van der Waals surface area (Å²) in [7, 11) is 0. The molecule has 4 rings (SSSR count). The maximum Gasteiger partial charge on any atom is 0.433 e. The molecule has 154 valence electrons. The van der Waals surface area contributed by atoms with Crippen molar-refractivity contribution in [2.45, 2.75) is 37.6 Å². The van der Waals surface area contributed by atoms with E-state index in [-0.39, 0.29) is 18.3 Å². The van der Waals surface area contributed by atoms with Crippen LogP contribution in [0.15, 0.2) is 30.6 Å². The maximum absolute atomic E-state index is 12.9. The number of aliphatic hydroxyl groups excluding tert-OH is 1. The fraction of sp³-hybridized carbons (Fsp3) is 0.421. The summed E-state index contributed by atoms with van der Waals surface area (Å²) in [5.74, 6) is 0.681. The van der Waals surface area contributed by atoms with Crippen molar-refractivity contribution in [2.24, 2.45) is 0 Å². The zero-order valence-corrected chi connectivity index (χ0v) is 15.3. The van der Waals surface area contributed by atoms with Crippen molar-refractivity contribution in [3.63, 3.8) is 0 Å². The van der Waals surface area contributed by atoms with Crippen molar-refractivity contribution in [1.29, 1.82) is 0 Å². The molecule has 1 amide bonds. The van der Waals surface area contributed by atoms with Crippen molar-refractivity contribution < 1.29 is 27.8 Å². The van der Waals surface area contributed by atoms with Crippen LogP contribution in [-0.2, 0) is 17.4 Å². The minimum Gasteiger partial charge on any atom is -0.488 e. The summed E-state index contributed by atoms with van der Waals surface area (Å²) in [6.07, 6.45) is -3.62. The van der Waals surface area contributed by atoms with E-state index in [0.29, 0.717) is 31.6 Å². The number of piperidine rings is 1. The highest BCUT2D eigenvalue weighted by Gasteiger charge is 2.35. The first-order valence-electron chi connectivity index (χ1n) is 9.21. The van der Waals surface area contributed by atoms with E-state index in [0.717, 1.165) is 23.6 Å². The van der Waals surface area contributed by atoms with E-state index in [1.807, 2.05) is 6.07 Å². The van der Waals surface area contributed by atoms with Crippen molar-refractivity contribution in [1.82, 2.24) is 9.97 Å². The van der Waals surface area contributed by atoms with Gasteiger partial charge < -0.3 is 20.1 Å². The molecule has 0 aliphatic carbocycles. The van der Waals surface area contributed by atoms with Crippen LogP contribution in [0.4, 0.5) is 24.7 Å². The predicted octanol–water partition coefficient (Wildman–Crippen LogP) is 2.40. The minimum absolute atomic E-state index is 0.0210. The van der Waals surface area contributed by atoms with E-state index in [1.165, 1.54) is 0 Å². The molecule has 29 heavy (non-hydrogen) atoms. The molecule has 2 aliphatic rings. The van der Waals surface area contributed by atoms with Gasteiger partial charge in [-0.05, 0) is 30.2 Å². The van der Waals surface area contributed by atoms with Gasteiger partial charge in [0.1, 0.15) is 35.8 Å². The molecule has 2 atom stereocenters. The first kappa shape index (κ1) is 19.4. The summed E-state index contributed by atoms with van der Waals surface area (Å²) in [4.78, 5) is 20.2. The van der Waals surface area contributed by atoms with Gasteiger partial charge >= 0.3 is 6.18 Å². The van der Waals surface area contributed by atoms with Crippen molar-refractivity contribution in [3.05, 3.63) is 41.9 Å². The van der Waals surface area contributed by atoms with Gasteiger partial charge in [0.05, 0.1) is 0 Å². The third-order valence-electron chi connectivity index (χ3n) is 5.05. The molecule has 0 spiro atoms. The van der Waals surface area contributed by atoms with Gasteiger partial charge in [-0.2, -0.15) is 13.2 Å². The third kappa shape index (κ3) is 4.26. The van der Waals surface area contributed by atoms with Gasteiger partial charge in [0.25, 0.3) is 0 Å². The second-order valence-electron chi connectivity index (χ2n) is 7.08. The number of β-amino-alcohol motifs (C(OH)–C–C–N with tert-alkyl or cyclic N) is 1. The van der Waals surface area contributed by atoms with Crippen molar-refractivity contribution in [2.75, 3.05) is 23.3 Å². The van der Waals surface area contributed by atoms with Gasteiger partial charge in [-0.15, -0.1) is 0 Å². The monoisotopic (exact) mass is 408 g/mol. The second kappa shape index (κ2) is 7.51. The average Bonchev–Trinajstić information content (AvgIpc) is 2.69. The summed E-state index contributed by atoms with van der Waals surface area (Å²) in [5.41, 5.74) is 0.708. The van der Waals surface area contributed by atoms with E-state index in [4.69, 9.17) is 4.74 Å². The highest BCUT2D eigenvalue weighted by molar-refractivity contribution is 5.94. The number of aryl methyl sites for hydroxylation is 1. The largest absolute Gasteiger partial charge is 0.488 e. The Balaban J connectivity index is 1.42. The van der Waals surface area contributed by atoms with Crippen LogP contribution in [0.3, 0.4) is 0 Å². The first-order chi connectivity index (χ1) is 13.8. The number of amides is 1. The topological polar surface area (TPSA) is 87.6 Å². The number of ether oxygens (including phenoxy) is 1. The van der Waals surface area contributed by atoms with E-state index in [1.54, 1.807) is 17.0 Å². The van der Waals surface area contributed by atoms with Crippen molar-refractivity contribution >= 4 is 17.4 Å². The SMILES string of the molecule is O=C1CCc2cc(O[C@@H]3CCN(c4cc(C(F)(F)F)ncn4)C[C@H]3O)ccc2N1. The number of nitrogens with one attached hydrogen (secondary N) is 1. The molecule has 1 aromatic heterocycles. The van der Waals surface area contributed by atoms with Crippen molar-refractivity contribution in [3.8, 4) is 5.75 Å². The lowest BCUT2D eigenvalue weighted by Gasteiger charge is -2.36. The van der Waals surface area contributed by atoms with Crippen LogP contribution in [0.2, 0.25) is 0 Å². The fourth-order valence-electron chi connectivity index (χ4n) is 3.54. The number of anilines is 2. The van der Waals surface area contributed by atoms with Crippen LogP contribution in [0.5, 0.6) is 5.75 Å². The number of rotatable bonds is 3. The third-order valence-corrected chi connectivity index (χ3v) is 5.05. The molecule has 1 aromatic carbocycles. The number of carbonyl (C=O) groups excluding carboxylic acids is 1. The summed E-state index contributed by atoms with van der Waals surface area (Å²) in [6, 6.07) is 6.21. The number of nitrogens with zero attached hydrogens (tertiary/aromatic N) is 3. The smallest absolute Gasteiger partial charge is 0.433 e. The number of aromatic nitrogens is 2. The molecule has 2 aliphatic heterocycles. The minimum atomic E-state index is -4.55. The molecule has 1 saturated heterocycles. The number of aliphatic hydroxyl groups is 1. The molecule has 1 fully saturated rings. The van der Waals surface area contributed by atoms with Gasteiger partial charge in [-0.25, -0.2) is 9.97 Å². The van der Waals surface area contributed by atoms with E-state index < -0.39 is 24.1 Å². The Morgan fingerprint density at radius 3 is 2.79 bits per heavy atom. The van der Waals surface area contributed by atoms with Gasteiger partial charge in [0.2, 0.25) is 5.91 Å². The molecule has 2 N–H and O–H groups in total. The number of halogens is 3. The number of fused-ring (bicyclic) bond motifs is 1. The Morgan fingerprint density at radius 1 is 1.21 bits per heavy atom. The quantitative estimate of drug-likeness (QED) is 0.811. The Morgan fingerprint density at radius 2 is 2.03 bits per heavy atom.